The van der Waals surface area contributed by atoms with Gasteiger partial charge in [-0.3, -0.25) is 14.1 Å². The van der Waals surface area contributed by atoms with E-state index in [2.05, 4.69) is 30.5 Å². The third-order valence-electron chi connectivity index (χ3n) is 10.3. The van der Waals surface area contributed by atoms with Crippen molar-refractivity contribution in [2.75, 3.05) is 13.2 Å². The number of rotatable bonds is 43. The molecule has 0 saturated carbocycles. The highest BCUT2D eigenvalue weighted by atomic mass is 31.2. The molecule has 0 spiro atoms. The second-order valence-electron chi connectivity index (χ2n) is 15.7. The summed E-state index contributed by atoms with van der Waals surface area (Å²) in [4.78, 5) is 42.9. The lowest BCUT2D eigenvalue weighted by molar-refractivity contribution is -0.161. The SMILES string of the molecule is CCCCCCCC/C=C/CCCCCC(=O)OC[C@H](COP(=O)(O)O)OC(=O)CCCCCCCCCCCCCCCCCCCCCCCCC. The lowest BCUT2D eigenvalue weighted by Crippen LogP contribution is -2.29. The van der Waals surface area contributed by atoms with Crippen LogP contribution in [0, 0.1) is 0 Å². The van der Waals surface area contributed by atoms with Crippen LogP contribution in [0.5, 0.6) is 0 Å². The standard InChI is InChI=1S/C45H87O8P/c1-3-5-7-9-11-13-15-17-18-19-20-21-22-23-24-25-26-28-30-32-34-36-38-40-45(47)53-43(42-52-54(48,49)50)41-51-44(46)39-37-35-33-31-29-27-16-14-12-10-8-6-4-2/h27,29,43H,3-26,28,30-42H2,1-2H3,(H2,48,49,50)/b29-27+/t43-/m1/s1. The predicted molar refractivity (Wildman–Crippen MR) is 226 cm³/mol. The molecule has 0 saturated heterocycles. The van der Waals surface area contributed by atoms with Crippen molar-refractivity contribution in [3.8, 4) is 0 Å². The van der Waals surface area contributed by atoms with E-state index in [-0.39, 0.29) is 19.4 Å². The first-order valence-corrected chi connectivity index (χ1v) is 24.5. The average molecular weight is 787 g/mol. The zero-order chi connectivity index (χ0) is 39.6. The number of carbonyl (C=O) groups is 2. The van der Waals surface area contributed by atoms with E-state index in [1.54, 1.807) is 0 Å². The average Bonchev–Trinajstić information content (AvgIpc) is 3.14. The van der Waals surface area contributed by atoms with Gasteiger partial charge in [-0.05, 0) is 38.5 Å². The molecule has 320 valence electrons. The van der Waals surface area contributed by atoms with Gasteiger partial charge in [-0.1, -0.05) is 206 Å². The Hall–Kier alpha value is -1.21. The lowest BCUT2D eigenvalue weighted by Gasteiger charge is -2.18. The molecule has 0 rings (SSSR count). The summed E-state index contributed by atoms with van der Waals surface area (Å²) in [5.74, 6) is -0.890. The molecule has 0 radical (unpaired) electrons. The van der Waals surface area contributed by atoms with E-state index in [1.807, 2.05) is 0 Å². The molecule has 2 N–H and O–H groups in total. The molecule has 9 heteroatoms. The van der Waals surface area contributed by atoms with Gasteiger partial charge in [0.25, 0.3) is 0 Å². The van der Waals surface area contributed by atoms with Gasteiger partial charge in [-0.15, -0.1) is 0 Å². The molecule has 0 unspecified atom stereocenters. The van der Waals surface area contributed by atoms with Gasteiger partial charge < -0.3 is 19.3 Å². The fourth-order valence-corrected chi connectivity index (χ4v) is 7.20. The third kappa shape index (κ3) is 43.5. The Kier molecular flexibility index (Phi) is 40.5. The molecule has 8 nitrogen and oxygen atoms in total. The van der Waals surface area contributed by atoms with Gasteiger partial charge in [0.15, 0.2) is 6.10 Å². The zero-order valence-electron chi connectivity index (χ0n) is 35.4. The molecule has 0 amide bonds. The van der Waals surface area contributed by atoms with Gasteiger partial charge in [0, 0.05) is 12.8 Å². The molecule has 0 aromatic heterocycles. The first kappa shape index (κ1) is 52.8. The second kappa shape index (κ2) is 41.4. The lowest BCUT2D eigenvalue weighted by atomic mass is 10.0. The van der Waals surface area contributed by atoms with E-state index < -0.39 is 32.5 Å². The molecule has 0 bridgehead atoms. The van der Waals surface area contributed by atoms with E-state index in [4.69, 9.17) is 19.3 Å². The van der Waals surface area contributed by atoms with Crippen molar-refractivity contribution in [3.05, 3.63) is 12.2 Å². The number of hydrogen-bond acceptors (Lipinski definition) is 6. The minimum absolute atomic E-state index is 0.215. The summed E-state index contributed by atoms with van der Waals surface area (Å²) in [6, 6.07) is 0. The minimum Gasteiger partial charge on any atom is -0.462 e. The highest BCUT2D eigenvalue weighted by molar-refractivity contribution is 7.46. The number of ether oxygens (including phenoxy) is 2. The summed E-state index contributed by atoms with van der Waals surface area (Å²) in [5.41, 5.74) is 0. The summed E-state index contributed by atoms with van der Waals surface area (Å²) >= 11 is 0. The van der Waals surface area contributed by atoms with Crippen LogP contribution >= 0.6 is 7.82 Å². The van der Waals surface area contributed by atoms with Crippen LogP contribution in [0.1, 0.15) is 245 Å². The molecule has 0 aliphatic rings. The summed E-state index contributed by atoms with van der Waals surface area (Å²) in [5, 5.41) is 0. The van der Waals surface area contributed by atoms with Crippen LogP contribution in [0.25, 0.3) is 0 Å². The Morgan fingerprint density at radius 1 is 0.463 bits per heavy atom. The molecule has 0 aromatic carbocycles. The summed E-state index contributed by atoms with van der Waals surface area (Å²) in [6.45, 7) is 3.70. The van der Waals surface area contributed by atoms with Gasteiger partial charge in [-0.25, -0.2) is 4.57 Å². The maximum Gasteiger partial charge on any atom is 0.469 e. The third-order valence-corrected chi connectivity index (χ3v) is 10.8. The second-order valence-corrected chi connectivity index (χ2v) is 17.0. The number of esters is 2. The Morgan fingerprint density at radius 2 is 0.778 bits per heavy atom. The summed E-state index contributed by atoms with van der Waals surface area (Å²) < 4.78 is 26.4. The Morgan fingerprint density at radius 3 is 1.15 bits per heavy atom. The van der Waals surface area contributed by atoms with Crippen LogP contribution < -0.4 is 0 Å². The maximum absolute atomic E-state index is 12.4. The number of carbonyl (C=O) groups excluding carboxylic acids is 2. The van der Waals surface area contributed by atoms with E-state index in [9.17, 15) is 14.2 Å². The van der Waals surface area contributed by atoms with Crippen molar-refractivity contribution in [2.24, 2.45) is 0 Å². The van der Waals surface area contributed by atoms with Gasteiger partial charge in [-0.2, -0.15) is 0 Å². The molecular formula is C45H87O8P. The smallest absolute Gasteiger partial charge is 0.462 e. The summed E-state index contributed by atoms with van der Waals surface area (Å²) in [6.07, 6.45) is 46.6. The van der Waals surface area contributed by atoms with Crippen LogP contribution in [0.4, 0.5) is 0 Å². The zero-order valence-corrected chi connectivity index (χ0v) is 36.3. The Balaban J connectivity index is 3.79. The van der Waals surface area contributed by atoms with Crippen molar-refractivity contribution in [1.29, 1.82) is 0 Å². The molecule has 0 aromatic rings. The van der Waals surface area contributed by atoms with Crippen molar-refractivity contribution in [2.45, 2.75) is 251 Å². The van der Waals surface area contributed by atoms with Crippen LogP contribution in [-0.2, 0) is 28.2 Å². The van der Waals surface area contributed by atoms with Crippen molar-refractivity contribution in [3.63, 3.8) is 0 Å². The van der Waals surface area contributed by atoms with Crippen molar-refractivity contribution in [1.82, 2.24) is 0 Å². The van der Waals surface area contributed by atoms with E-state index in [0.717, 1.165) is 38.5 Å². The Bertz CT molecular complexity index is 889. The van der Waals surface area contributed by atoms with Crippen molar-refractivity contribution < 1.29 is 37.9 Å². The van der Waals surface area contributed by atoms with Crippen LogP contribution in [0.3, 0.4) is 0 Å². The number of allylic oxidation sites excluding steroid dienone is 2. The van der Waals surface area contributed by atoms with Gasteiger partial charge >= 0.3 is 19.8 Å². The normalized spacial score (nSPS) is 12.4. The Labute approximate surface area is 333 Å². The monoisotopic (exact) mass is 787 g/mol. The van der Waals surface area contributed by atoms with Crippen LogP contribution in [0.2, 0.25) is 0 Å². The van der Waals surface area contributed by atoms with E-state index >= 15 is 0 Å². The fourth-order valence-electron chi connectivity index (χ4n) is 6.84. The largest absolute Gasteiger partial charge is 0.469 e. The first-order chi connectivity index (χ1) is 26.3. The number of phosphoric ester groups is 1. The highest BCUT2D eigenvalue weighted by Crippen LogP contribution is 2.36. The minimum atomic E-state index is -4.75. The molecule has 0 fully saturated rings. The van der Waals surface area contributed by atoms with Crippen LogP contribution in [0.15, 0.2) is 12.2 Å². The molecule has 1 atom stereocenters. The number of hydrogen-bond donors (Lipinski definition) is 2. The number of phosphoric acid groups is 1. The quantitative estimate of drug-likeness (QED) is 0.0271. The van der Waals surface area contributed by atoms with E-state index in [1.165, 1.54) is 167 Å². The van der Waals surface area contributed by atoms with Gasteiger partial charge in [0.05, 0.1) is 6.61 Å². The molecule has 0 aliphatic carbocycles. The van der Waals surface area contributed by atoms with Crippen molar-refractivity contribution >= 4 is 19.8 Å². The maximum atomic E-state index is 12.4. The topological polar surface area (TPSA) is 119 Å². The van der Waals surface area contributed by atoms with Crippen LogP contribution in [-0.4, -0.2) is 41.0 Å². The molecule has 54 heavy (non-hydrogen) atoms. The fraction of sp³-hybridized carbons (Fsp3) is 0.911. The predicted octanol–water partition coefficient (Wildman–Crippen LogP) is 14.2. The first-order valence-electron chi connectivity index (χ1n) is 23.0. The van der Waals surface area contributed by atoms with Gasteiger partial charge in [0.2, 0.25) is 0 Å². The molecule has 0 heterocycles. The highest BCUT2D eigenvalue weighted by Gasteiger charge is 2.23. The molecular weight excluding hydrogens is 699 g/mol. The van der Waals surface area contributed by atoms with E-state index in [0.29, 0.717) is 12.8 Å². The number of unbranched alkanes of at least 4 members (excludes halogenated alkanes) is 31. The molecule has 0 aliphatic heterocycles. The van der Waals surface area contributed by atoms with Gasteiger partial charge in [0.1, 0.15) is 6.61 Å². The summed E-state index contributed by atoms with van der Waals surface area (Å²) in [7, 11) is -4.75.